The van der Waals surface area contributed by atoms with E-state index in [9.17, 15) is 13.2 Å². The second-order valence-electron chi connectivity index (χ2n) is 7.62. The number of nitrogens with two attached hydrogens (primary N) is 1. The zero-order valence-electron chi connectivity index (χ0n) is 18.8. The van der Waals surface area contributed by atoms with Crippen molar-refractivity contribution in [3.8, 4) is 11.8 Å². The lowest BCUT2D eigenvalue weighted by molar-refractivity contribution is -0.192. The van der Waals surface area contributed by atoms with Gasteiger partial charge >= 0.3 is 12.1 Å². The molecule has 3 aromatic heterocycles. The van der Waals surface area contributed by atoms with E-state index in [4.69, 9.17) is 37.1 Å². The maximum atomic E-state index is 10.6. The number of nitrogens with zero attached hydrogens (tertiary/aromatic N) is 1. The molecule has 1 fully saturated rings. The maximum Gasteiger partial charge on any atom is 0.490 e. The number of pyridine rings is 1. The van der Waals surface area contributed by atoms with Crippen LogP contribution in [-0.2, 0) is 16.1 Å². The number of aliphatic hydroxyl groups is 1. The summed E-state index contributed by atoms with van der Waals surface area (Å²) in [4.78, 5) is 15.7. The van der Waals surface area contributed by atoms with E-state index in [1.165, 1.54) is 4.88 Å². The van der Waals surface area contributed by atoms with Crippen molar-refractivity contribution in [1.82, 2.24) is 4.98 Å². The molecule has 0 amide bonds. The van der Waals surface area contributed by atoms with E-state index >= 15 is 0 Å². The molecule has 4 rings (SSSR count). The molecule has 194 valence electrons. The summed E-state index contributed by atoms with van der Waals surface area (Å²) in [7, 11) is 0. The normalized spacial score (nSPS) is 17.6. The predicted octanol–water partition coefficient (Wildman–Crippen LogP) is 5.17. The largest absolute Gasteiger partial charge is 0.490 e. The fourth-order valence-corrected chi connectivity index (χ4v) is 5.53. The van der Waals surface area contributed by atoms with Crippen LogP contribution in [0, 0.1) is 11.8 Å². The number of nitrogens with one attached hydrogen (secondary N) is 1. The van der Waals surface area contributed by atoms with E-state index in [1.54, 1.807) is 22.7 Å². The third kappa shape index (κ3) is 7.32. The molecule has 3 aromatic rings. The number of alkyl halides is 3. The summed E-state index contributed by atoms with van der Waals surface area (Å²) in [5.74, 6) is 3.47. The first-order valence-corrected chi connectivity index (χ1v) is 12.9. The molecule has 5 N–H and O–H groups in total. The minimum absolute atomic E-state index is 0.0195. The van der Waals surface area contributed by atoms with Gasteiger partial charge in [0.15, 0.2) is 0 Å². The average Bonchev–Trinajstić information content (AvgIpc) is 3.46. The predicted molar refractivity (Wildman–Crippen MR) is 134 cm³/mol. The second-order valence-corrected chi connectivity index (χ2v) is 10.1. The van der Waals surface area contributed by atoms with Crippen molar-refractivity contribution in [2.75, 3.05) is 18.5 Å². The van der Waals surface area contributed by atoms with Gasteiger partial charge in [0.05, 0.1) is 27.4 Å². The number of halogens is 4. The van der Waals surface area contributed by atoms with Crippen molar-refractivity contribution in [1.29, 1.82) is 0 Å². The molecule has 1 saturated heterocycles. The lowest BCUT2D eigenvalue weighted by Crippen LogP contribution is -2.34. The van der Waals surface area contributed by atoms with Crippen molar-refractivity contribution in [3.05, 3.63) is 44.1 Å². The highest BCUT2D eigenvalue weighted by atomic mass is 35.5. The Balaban J connectivity index is 0.000000454. The number of carbonyl (C=O) groups is 1. The standard InChI is InChI=1S/C21H22ClN3O2S2.C2HF3O2/c22-17-11-16(24-12-13-5-4-10-28-13)21-18(25-17)14(6-1-2-8-26)20(29-21)19-15(23)7-3-9-27-19;3-2(4,5)1(6)7/h4-5,10-11,15,19,26H,2-3,7-9,12,23H2,(H,24,25);(H,6,7)/t15-,19-;/m0./s1. The summed E-state index contributed by atoms with van der Waals surface area (Å²) in [5, 5.41) is 22.2. The highest BCUT2D eigenvalue weighted by Gasteiger charge is 2.38. The molecule has 36 heavy (non-hydrogen) atoms. The van der Waals surface area contributed by atoms with E-state index < -0.39 is 12.1 Å². The summed E-state index contributed by atoms with van der Waals surface area (Å²) < 4.78 is 38.8. The summed E-state index contributed by atoms with van der Waals surface area (Å²) in [5.41, 5.74) is 8.88. The highest BCUT2D eigenvalue weighted by Crippen LogP contribution is 2.42. The SMILES string of the molecule is N[C@H]1CCCO[C@@H]1c1sc2c(NCc3cccs3)cc(Cl)nc2c1C#CCCO.O=C(O)C(F)(F)F. The van der Waals surface area contributed by atoms with Gasteiger partial charge in [-0.3, -0.25) is 0 Å². The van der Waals surface area contributed by atoms with Gasteiger partial charge in [0.1, 0.15) is 16.8 Å². The quantitative estimate of drug-likeness (QED) is 0.251. The first kappa shape index (κ1) is 28.2. The maximum absolute atomic E-state index is 10.6. The average molecular weight is 562 g/mol. The number of aromatic nitrogens is 1. The van der Waals surface area contributed by atoms with Crippen LogP contribution in [0.3, 0.4) is 0 Å². The Bertz CT molecular complexity index is 1240. The van der Waals surface area contributed by atoms with Crippen molar-refractivity contribution in [2.24, 2.45) is 5.73 Å². The van der Waals surface area contributed by atoms with Crippen LogP contribution in [0.2, 0.25) is 5.15 Å². The number of aliphatic hydroxyl groups excluding tert-OH is 1. The van der Waals surface area contributed by atoms with Crippen LogP contribution in [0.15, 0.2) is 23.6 Å². The van der Waals surface area contributed by atoms with Gasteiger partial charge < -0.3 is 26.0 Å². The smallest absolute Gasteiger partial charge is 0.475 e. The Morgan fingerprint density at radius 3 is 2.78 bits per heavy atom. The van der Waals surface area contributed by atoms with Crippen molar-refractivity contribution in [3.63, 3.8) is 0 Å². The third-order valence-electron chi connectivity index (χ3n) is 4.99. The molecule has 4 heterocycles. The third-order valence-corrected chi connectivity index (χ3v) is 7.33. The zero-order valence-corrected chi connectivity index (χ0v) is 21.2. The summed E-state index contributed by atoms with van der Waals surface area (Å²) in [6.07, 6.45) is -3.00. The minimum Gasteiger partial charge on any atom is -0.475 e. The van der Waals surface area contributed by atoms with Gasteiger partial charge in [-0.2, -0.15) is 13.2 Å². The number of hydrogen-bond donors (Lipinski definition) is 4. The summed E-state index contributed by atoms with van der Waals surface area (Å²) in [6, 6.07) is 5.91. The molecule has 1 aliphatic heterocycles. The van der Waals surface area contributed by atoms with Gasteiger partial charge in [0, 0.05) is 36.6 Å². The number of thiophene rings is 2. The molecule has 0 unspecified atom stereocenters. The summed E-state index contributed by atoms with van der Waals surface area (Å²) >= 11 is 9.67. The van der Waals surface area contributed by atoms with E-state index in [1.807, 2.05) is 12.1 Å². The van der Waals surface area contributed by atoms with Crippen LogP contribution < -0.4 is 11.1 Å². The van der Waals surface area contributed by atoms with Crippen molar-refractivity contribution >= 4 is 56.1 Å². The number of hydrogen-bond acceptors (Lipinski definition) is 8. The first-order chi connectivity index (χ1) is 17.1. The molecule has 0 aliphatic carbocycles. The number of aliphatic carboxylic acids is 1. The molecule has 0 radical (unpaired) electrons. The monoisotopic (exact) mass is 561 g/mol. The van der Waals surface area contributed by atoms with Crippen LogP contribution in [0.5, 0.6) is 0 Å². The molecular weight excluding hydrogens is 539 g/mol. The molecular formula is C23H23ClF3N3O4S2. The van der Waals surface area contributed by atoms with Crippen LogP contribution in [0.1, 0.15) is 40.7 Å². The molecule has 2 atom stereocenters. The fourth-order valence-electron chi connectivity index (χ4n) is 3.38. The molecule has 0 saturated carbocycles. The molecule has 0 aromatic carbocycles. The van der Waals surface area contributed by atoms with Crippen LogP contribution >= 0.6 is 34.3 Å². The lowest BCUT2D eigenvalue weighted by Gasteiger charge is -2.28. The zero-order chi connectivity index (χ0) is 26.3. The number of fused-ring (bicyclic) bond motifs is 1. The molecule has 7 nitrogen and oxygen atoms in total. The van der Waals surface area contributed by atoms with Gasteiger partial charge in [-0.05, 0) is 24.3 Å². The van der Waals surface area contributed by atoms with Gasteiger partial charge in [-0.15, -0.1) is 22.7 Å². The van der Waals surface area contributed by atoms with Gasteiger partial charge in [0.25, 0.3) is 0 Å². The molecule has 1 aliphatic rings. The van der Waals surface area contributed by atoms with Crippen molar-refractivity contribution < 1.29 is 32.9 Å². The Morgan fingerprint density at radius 1 is 1.42 bits per heavy atom. The molecule has 0 spiro atoms. The van der Waals surface area contributed by atoms with Crippen LogP contribution in [-0.4, -0.2) is 46.6 Å². The number of carboxylic acid groups (broad SMARTS) is 1. The topological polar surface area (TPSA) is 118 Å². The Morgan fingerprint density at radius 2 is 2.17 bits per heavy atom. The Labute approximate surface area is 218 Å². The van der Waals surface area contributed by atoms with Gasteiger partial charge in [-0.25, -0.2) is 9.78 Å². The van der Waals surface area contributed by atoms with Gasteiger partial charge in [-0.1, -0.05) is 29.5 Å². The second kappa shape index (κ2) is 12.7. The number of rotatable bonds is 5. The minimum atomic E-state index is -5.08. The lowest BCUT2D eigenvalue weighted by atomic mass is 9.99. The first-order valence-electron chi connectivity index (χ1n) is 10.8. The fraction of sp³-hybridized carbons (Fsp3) is 0.391. The van der Waals surface area contributed by atoms with E-state index in [0.29, 0.717) is 24.7 Å². The highest BCUT2D eigenvalue weighted by molar-refractivity contribution is 7.20. The number of anilines is 1. The van der Waals surface area contributed by atoms with Crippen LogP contribution in [0.25, 0.3) is 10.2 Å². The van der Waals surface area contributed by atoms with E-state index in [-0.39, 0.29) is 18.8 Å². The van der Waals surface area contributed by atoms with Gasteiger partial charge in [0.2, 0.25) is 0 Å². The van der Waals surface area contributed by atoms with E-state index in [0.717, 1.165) is 39.2 Å². The Kier molecular flexibility index (Phi) is 9.95. The summed E-state index contributed by atoms with van der Waals surface area (Å²) in [6.45, 7) is 1.42. The molecule has 0 bridgehead atoms. The molecule has 13 heteroatoms. The Hall–Kier alpha value is -2.40. The number of ether oxygens (including phenoxy) is 1. The van der Waals surface area contributed by atoms with E-state index in [2.05, 4.69) is 33.6 Å². The van der Waals surface area contributed by atoms with Crippen LogP contribution in [0.4, 0.5) is 18.9 Å². The number of carboxylic acids is 1. The van der Waals surface area contributed by atoms with Crippen molar-refractivity contribution in [2.45, 2.75) is 44.1 Å².